The van der Waals surface area contributed by atoms with Crippen LogP contribution in [0, 0.1) is 15.9 Å². The molecule has 2 aromatic carbocycles. The van der Waals surface area contributed by atoms with Crippen LogP contribution in [-0.4, -0.2) is 21.1 Å². The molecule has 122 valence electrons. The van der Waals surface area contributed by atoms with Gasteiger partial charge in [-0.05, 0) is 18.2 Å². The first-order valence-electron chi connectivity index (χ1n) is 7.07. The maximum absolute atomic E-state index is 13.5. The standard InChI is InChI=1S/C16H12FN3O4/c17-13-3-1-2-4-15(13)24-8-7-19-10-18-14-6-5-11(20(22)23)9-12(14)16(19)21/h1-6,9-10H,7-8H2. The Kier molecular flexibility index (Phi) is 4.19. The van der Waals surface area contributed by atoms with Gasteiger partial charge in [-0.15, -0.1) is 0 Å². The van der Waals surface area contributed by atoms with Crippen molar-refractivity contribution in [1.82, 2.24) is 9.55 Å². The first-order chi connectivity index (χ1) is 11.6. The van der Waals surface area contributed by atoms with E-state index in [1.54, 1.807) is 12.1 Å². The number of hydrogen-bond acceptors (Lipinski definition) is 5. The highest BCUT2D eigenvalue weighted by Crippen LogP contribution is 2.17. The molecule has 0 unspecified atom stereocenters. The molecule has 0 saturated heterocycles. The van der Waals surface area contributed by atoms with Crippen LogP contribution in [0.2, 0.25) is 0 Å². The average molecular weight is 329 g/mol. The molecule has 0 N–H and O–H groups in total. The number of nitrogens with zero attached hydrogens (tertiary/aromatic N) is 3. The molecule has 7 nitrogen and oxygen atoms in total. The molecular weight excluding hydrogens is 317 g/mol. The highest BCUT2D eigenvalue weighted by Gasteiger charge is 2.11. The van der Waals surface area contributed by atoms with Gasteiger partial charge >= 0.3 is 0 Å². The van der Waals surface area contributed by atoms with Crippen LogP contribution in [0.3, 0.4) is 0 Å². The molecule has 0 amide bonds. The summed E-state index contributed by atoms with van der Waals surface area (Å²) in [6.07, 6.45) is 1.33. The normalized spacial score (nSPS) is 10.7. The Balaban J connectivity index is 1.82. The Hall–Kier alpha value is -3.29. The lowest BCUT2D eigenvalue weighted by atomic mass is 10.2. The number of non-ortho nitro benzene ring substituents is 1. The van der Waals surface area contributed by atoms with Crippen molar-refractivity contribution in [3.63, 3.8) is 0 Å². The van der Waals surface area contributed by atoms with Gasteiger partial charge in [0.1, 0.15) is 6.61 Å². The summed E-state index contributed by atoms with van der Waals surface area (Å²) in [5.74, 6) is -0.396. The van der Waals surface area contributed by atoms with Gasteiger partial charge in [-0.2, -0.15) is 0 Å². The number of para-hydroxylation sites is 1. The average Bonchev–Trinajstić information content (AvgIpc) is 2.58. The van der Waals surface area contributed by atoms with Crippen molar-refractivity contribution in [3.05, 3.63) is 75.1 Å². The van der Waals surface area contributed by atoms with E-state index in [-0.39, 0.29) is 30.0 Å². The van der Waals surface area contributed by atoms with Crippen LogP contribution in [0.5, 0.6) is 5.75 Å². The topological polar surface area (TPSA) is 87.3 Å². The van der Waals surface area contributed by atoms with E-state index in [4.69, 9.17) is 4.74 Å². The van der Waals surface area contributed by atoms with Gasteiger partial charge in [-0.3, -0.25) is 19.5 Å². The number of hydrogen-bond donors (Lipinski definition) is 0. The van der Waals surface area contributed by atoms with E-state index < -0.39 is 16.3 Å². The number of rotatable bonds is 5. The zero-order chi connectivity index (χ0) is 17.1. The number of ether oxygens (including phenoxy) is 1. The fraction of sp³-hybridized carbons (Fsp3) is 0.125. The Morgan fingerprint density at radius 2 is 2.04 bits per heavy atom. The van der Waals surface area contributed by atoms with Crippen LogP contribution in [-0.2, 0) is 6.54 Å². The first-order valence-corrected chi connectivity index (χ1v) is 7.07. The second-order valence-corrected chi connectivity index (χ2v) is 4.98. The van der Waals surface area contributed by atoms with E-state index in [9.17, 15) is 19.3 Å². The molecule has 0 fully saturated rings. The summed E-state index contributed by atoms with van der Waals surface area (Å²) >= 11 is 0. The summed E-state index contributed by atoms with van der Waals surface area (Å²) in [6.45, 7) is 0.196. The highest BCUT2D eigenvalue weighted by atomic mass is 19.1. The SMILES string of the molecule is O=c1c2cc([N+](=O)[O-])ccc2ncn1CCOc1ccccc1F. The molecule has 1 heterocycles. The fourth-order valence-corrected chi connectivity index (χ4v) is 2.24. The minimum Gasteiger partial charge on any atom is -0.489 e. The Labute approximate surface area is 135 Å². The molecule has 8 heteroatoms. The van der Waals surface area contributed by atoms with E-state index in [0.717, 1.165) is 0 Å². The third kappa shape index (κ3) is 3.07. The van der Waals surface area contributed by atoms with Gasteiger partial charge in [0, 0.05) is 12.1 Å². The zero-order valence-electron chi connectivity index (χ0n) is 12.4. The van der Waals surface area contributed by atoms with Crippen LogP contribution in [0.25, 0.3) is 10.9 Å². The summed E-state index contributed by atoms with van der Waals surface area (Å²) in [7, 11) is 0. The summed E-state index contributed by atoms with van der Waals surface area (Å²) < 4.78 is 20.0. The molecule has 0 aliphatic carbocycles. The van der Waals surface area contributed by atoms with Crippen molar-refractivity contribution < 1.29 is 14.1 Å². The maximum Gasteiger partial charge on any atom is 0.270 e. The number of aromatic nitrogens is 2. The maximum atomic E-state index is 13.5. The molecule has 3 rings (SSSR count). The van der Waals surface area contributed by atoms with E-state index in [0.29, 0.717) is 5.52 Å². The molecule has 0 radical (unpaired) electrons. The minimum absolute atomic E-state index is 0.0585. The van der Waals surface area contributed by atoms with Crippen LogP contribution in [0.15, 0.2) is 53.6 Å². The summed E-state index contributed by atoms with van der Waals surface area (Å²) in [5.41, 5.74) is -0.223. The van der Waals surface area contributed by atoms with Gasteiger partial charge in [0.05, 0.1) is 28.7 Å². The van der Waals surface area contributed by atoms with Gasteiger partial charge in [-0.1, -0.05) is 12.1 Å². The predicted molar refractivity (Wildman–Crippen MR) is 84.6 cm³/mol. The quantitative estimate of drug-likeness (QED) is 0.530. The van der Waals surface area contributed by atoms with Crippen LogP contribution >= 0.6 is 0 Å². The number of benzene rings is 2. The number of halogens is 1. The molecule has 24 heavy (non-hydrogen) atoms. The molecule has 0 bridgehead atoms. The lowest BCUT2D eigenvalue weighted by Crippen LogP contribution is -2.23. The van der Waals surface area contributed by atoms with Crippen molar-refractivity contribution in [2.75, 3.05) is 6.61 Å². The van der Waals surface area contributed by atoms with Gasteiger partial charge in [0.2, 0.25) is 0 Å². The van der Waals surface area contributed by atoms with Crippen molar-refractivity contribution in [2.45, 2.75) is 6.54 Å². The zero-order valence-corrected chi connectivity index (χ0v) is 12.4. The van der Waals surface area contributed by atoms with Crippen molar-refractivity contribution in [3.8, 4) is 5.75 Å². The summed E-state index contributed by atoms with van der Waals surface area (Å²) in [5, 5.41) is 11.0. The fourth-order valence-electron chi connectivity index (χ4n) is 2.24. The molecule has 0 atom stereocenters. The third-order valence-corrected chi connectivity index (χ3v) is 3.44. The monoisotopic (exact) mass is 329 g/mol. The number of nitro groups is 1. The predicted octanol–water partition coefficient (Wildman–Crippen LogP) is 2.52. The van der Waals surface area contributed by atoms with E-state index in [1.165, 1.54) is 41.2 Å². The minimum atomic E-state index is -0.572. The van der Waals surface area contributed by atoms with Gasteiger partial charge < -0.3 is 4.74 Å². The van der Waals surface area contributed by atoms with Gasteiger partial charge in [0.25, 0.3) is 11.2 Å². The Morgan fingerprint density at radius 3 is 2.79 bits per heavy atom. The largest absolute Gasteiger partial charge is 0.489 e. The lowest BCUT2D eigenvalue weighted by Gasteiger charge is -2.09. The summed E-state index contributed by atoms with van der Waals surface area (Å²) in [6, 6.07) is 9.86. The van der Waals surface area contributed by atoms with E-state index in [1.807, 2.05) is 0 Å². The molecule has 0 saturated carbocycles. The molecule has 0 aliphatic heterocycles. The van der Waals surface area contributed by atoms with E-state index >= 15 is 0 Å². The van der Waals surface area contributed by atoms with Crippen molar-refractivity contribution in [1.29, 1.82) is 0 Å². The van der Waals surface area contributed by atoms with Crippen LogP contribution in [0.1, 0.15) is 0 Å². The molecule has 0 spiro atoms. The molecule has 3 aromatic rings. The number of nitro benzene ring substituents is 1. The second kappa shape index (κ2) is 6.45. The Morgan fingerprint density at radius 1 is 1.25 bits per heavy atom. The molecule has 1 aromatic heterocycles. The smallest absolute Gasteiger partial charge is 0.270 e. The van der Waals surface area contributed by atoms with E-state index in [2.05, 4.69) is 4.98 Å². The van der Waals surface area contributed by atoms with Crippen LogP contribution < -0.4 is 10.3 Å². The molecule has 0 aliphatic rings. The second-order valence-electron chi connectivity index (χ2n) is 4.98. The Bertz CT molecular complexity index is 971. The van der Waals surface area contributed by atoms with Crippen LogP contribution in [0.4, 0.5) is 10.1 Å². The first kappa shape index (κ1) is 15.6. The molecular formula is C16H12FN3O4. The summed E-state index contributed by atoms with van der Waals surface area (Å²) in [4.78, 5) is 26.7. The van der Waals surface area contributed by atoms with Crippen molar-refractivity contribution in [2.24, 2.45) is 0 Å². The van der Waals surface area contributed by atoms with Crippen molar-refractivity contribution >= 4 is 16.6 Å². The van der Waals surface area contributed by atoms with Gasteiger partial charge in [0.15, 0.2) is 11.6 Å². The lowest BCUT2D eigenvalue weighted by molar-refractivity contribution is -0.384. The number of fused-ring (bicyclic) bond motifs is 1. The highest BCUT2D eigenvalue weighted by molar-refractivity contribution is 5.79. The van der Waals surface area contributed by atoms with Gasteiger partial charge in [-0.25, -0.2) is 9.37 Å². The third-order valence-electron chi connectivity index (χ3n) is 3.44.